The Balaban J connectivity index is 1.35. The van der Waals surface area contributed by atoms with Gasteiger partial charge in [-0.3, -0.25) is 19.7 Å². The smallest absolute Gasteiger partial charge is 0.293 e. The number of carbonyl (C=O) groups excluding carboxylic acids is 1. The van der Waals surface area contributed by atoms with E-state index in [0.29, 0.717) is 36.9 Å². The number of nitrogens with one attached hydrogen (secondary N) is 1. The summed E-state index contributed by atoms with van der Waals surface area (Å²) in [5, 5.41) is 15.5. The highest BCUT2D eigenvalue weighted by atomic mass is 35.5. The van der Waals surface area contributed by atoms with Crippen LogP contribution < -0.4 is 10.9 Å². The number of fused-ring (bicyclic) bond motifs is 4. The molecule has 1 amide bonds. The molecule has 1 fully saturated rings. The first-order chi connectivity index (χ1) is 16.4. The Morgan fingerprint density at radius 3 is 2.65 bits per heavy atom. The highest BCUT2D eigenvalue weighted by Crippen LogP contribution is 2.36. The first kappa shape index (κ1) is 22.2. The largest absolute Gasteiger partial charge is 0.375 e. The lowest BCUT2D eigenvalue weighted by atomic mass is 9.83. The fraction of sp³-hybridized carbons (Fsp3) is 0.280. The summed E-state index contributed by atoms with van der Waals surface area (Å²) in [5.41, 5.74) is 2.36. The van der Waals surface area contributed by atoms with E-state index in [1.54, 1.807) is 41.3 Å². The molecule has 0 aliphatic carbocycles. The maximum Gasteiger partial charge on any atom is 0.293 e. The quantitative estimate of drug-likeness (QED) is 0.436. The van der Waals surface area contributed by atoms with Gasteiger partial charge >= 0.3 is 0 Å². The van der Waals surface area contributed by atoms with Crippen LogP contribution in [0.15, 0.2) is 65.5 Å². The Labute approximate surface area is 200 Å². The molecule has 2 bridgehead atoms. The first-order valence-electron chi connectivity index (χ1n) is 11.1. The zero-order valence-electron chi connectivity index (χ0n) is 18.3. The fourth-order valence-corrected chi connectivity index (χ4v) is 5.14. The van der Waals surface area contributed by atoms with E-state index in [1.807, 2.05) is 22.8 Å². The van der Waals surface area contributed by atoms with Gasteiger partial charge in [0.05, 0.1) is 4.92 Å². The second-order valence-electron chi connectivity index (χ2n) is 8.88. The molecule has 2 aliphatic rings. The van der Waals surface area contributed by atoms with Gasteiger partial charge in [0, 0.05) is 60.5 Å². The molecule has 1 aromatic heterocycles. The van der Waals surface area contributed by atoms with Crippen molar-refractivity contribution < 1.29 is 9.72 Å². The number of amides is 1. The zero-order valence-corrected chi connectivity index (χ0v) is 19.1. The summed E-state index contributed by atoms with van der Waals surface area (Å²) >= 11 is 5.91. The number of pyridine rings is 1. The normalized spacial score (nSPS) is 18.8. The molecule has 1 N–H and O–H groups in total. The number of rotatable bonds is 5. The van der Waals surface area contributed by atoms with Crippen LogP contribution in [0.3, 0.4) is 0 Å². The van der Waals surface area contributed by atoms with E-state index in [0.717, 1.165) is 17.7 Å². The highest BCUT2D eigenvalue weighted by molar-refractivity contribution is 6.30. The van der Waals surface area contributed by atoms with Crippen molar-refractivity contribution in [2.24, 2.45) is 5.92 Å². The summed E-state index contributed by atoms with van der Waals surface area (Å²) < 4.78 is 1.81. The minimum atomic E-state index is -0.478. The van der Waals surface area contributed by atoms with Crippen LogP contribution in [0.1, 0.15) is 34.0 Å². The van der Waals surface area contributed by atoms with Crippen LogP contribution in [0, 0.1) is 16.0 Å². The van der Waals surface area contributed by atoms with Gasteiger partial charge in [-0.1, -0.05) is 29.8 Å². The third kappa shape index (κ3) is 4.28. The zero-order chi connectivity index (χ0) is 23.8. The summed E-state index contributed by atoms with van der Waals surface area (Å²) in [5.74, 6) is 0.0417. The predicted molar refractivity (Wildman–Crippen MR) is 129 cm³/mol. The number of carbonyl (C=O) groups is 1. The molecule has 34 heavy (non-hydrogen) atoms. The van der Waals surface area contributed by atoms with E-state index in [4.69, 9.17) is 11.6 Å². The predicted octanol–water partition coefficient (Wildman–Crippen LogP) is 4.28. The van der Waals surface area contributed by atoms with Gasteiger partial charge in [-0.2, -0.15) is 0 Å². The van der Waals surface area contributed by atoms with E-state index < -0.39 is 4.92 Å². The molecule has 3 heterocycles. The number of halogens is 1. The third-order valence-corrected chi connectivity index (χ3v) is 6.86. The molecule has 0 radical (unpaired) electrons. The van der Waals surface area contributed by atoms with Crippen LogP contribution in [-0.4, -0.2) is 33.4 Å². The number of benzene rings is 2. The Morgan fingerprint density at radius 2 is 1.88 bits per heavy atom. The van der Waals surface area contributed by atoms with Gasteiger partial charge in [-0.25, -0.2) is 0 Å². The lowest BCUT2D eigenvalue weighted by Crippen LogP contribution is -2.49. The van der Waals surface area contributed by atoms with Crippen LogP contribution in [0.2, 0.25) is 5.02 Å². The number of nitro benzene ring substituents is 1. The Bertz CT molecular complexity index is 1320. The summed E-state index contributed by atoms with van der Waals surface area (Å²) in [6.45, 7) is 1.99. The fourth-order valence-electron chi connectivity index (χ4n) is 5.01. The molecule has 174 valence electrons. The molecule has 2 atom stereocenters. The van der Waals surface area contributed by atoms with Gasteiger partial charge in [0.1, 0.15) is 5.69 Å². The average Bonchev–Trinajstić information content (AvgIpc) is 2.83. The lowest BCUT2D eigenvalue weighted by Gasteiger charge is -2.42. The Kier molecular flexibility index (Phi) is 5.83. The van der Waals surface area contributed by atoms with Gasteiger partial charge < -0.3 is 14.8 Å². The molecule has 0 saturated carbocycles. The molecule has 5 rings (SSSR count). The number of nitrogens with zero attached hydrogens (tertiary/aromatic N) is 3. The van der Waals surface area contributed by atoms with Crippen molar-refractivity contribution in [3.05, 3.63) is 103 Å². The van der Waals surface area contributed by atoms with Crippen molar-refractivity contribution in [1.82, 2.24) is 9.47 Å². The van der Waals surface area contributed by atoms with Crippen molar-refractivity contribution in [3.63, 3.8) is 0 Å². The van der Waals surface area contributed by atoms with Crippen molar-refractivity contribution in [2.75, 3.05) is 18.4 Å². The van der Waals surface area contributed by atoms with Gasteiger partial charge in [0.2, 0.25) is 0 Å². The van der Waals surface area contributed by atoms with Gasteiger partial charge in [-0.15, -0.1) is 0 Å². The van der Waals surface area contributed by atoms with Gasteiger partial charge in [0.25, 0.3) is 17.2 Å². The maximum atomic E-state index is 13.3. The standard InChI is InChI=1S/C25H23ClN4O4/c26-20-7-4-16(5-8-20)12-27-21-9-6-18(11-23(21)30(33)34)25(32)28-13-17-10-19(15-28)22-2-1-3-24(31)29(22)14-17/h1-9,11,17,19,27H,10,12-15H2. The second kappa shape index (κ2) is 8.95. The topological polar surface area (TPSA) is 97.5 Å². The summed E-state index contributed by atoms with van der Waals surface area (Å²) in [6, 6.07) is 17.0. The number of piperidine rings is 1. The molecule has 1 saturated heterocycles. The van der Waals surface area contributed by atoms with Crippen molar-refractivity contribution in [1.29, 1.82) is 0 Å². The van der Waals surface area contributed by atoms with E-state index in [1.165, 1.54) is 6.07 Å². The monoisotopic (exact) mass is 478 g/mol. The minimum Gasteiger partial charge on any atom is -0.375 e. The van der Waals surface area contributed by atoms with Crippen molar-refractivity contribution >= 4 is 28.9 Å². The van der Waals surface area contributed by atoms with Crippen LogP contribution in [0.5, 0.6) is 0 Å². The molecule has 0 spiro atoms. The van der Waals surface area contributed by atoms with E-state index in [9.17, 15) is 19.7 Å². The molecule has 8 nitrogen and oxygen atoms in total. The van der Waals surface area contributed by atoms with Crippen LogP contribution in [0.4, 0.5) is 11.4 Å². The van der Waals surface area contributed by atoms with Crippen LogP contribution in [0.25, 0.3) is 0 Å². The SMILES string of the molecule is O=C(c1ccc(NCc2ccc(Cl)cc2)c([N+](=O)[O-])c1)N1CC2CC(C1)c1cccc(=O)n1C2. The Hall–Kier alpha value is -3.65. The number of likely N-dealkylation sites (tertiary alicyclic amines) is 1. The maximum absolute atomic E-state index is 13.3. The van der Waals surface area contributed by atoms with E-state index >= 15 is 0 Å². The van der Waals surface area contributed by atoms with Crippen LogP contribution in [-0.2, 0) is 13.1 Å². The second-order valence-corrected chi connectivity index (χ2v) is 9.31. The number of aromatic nitrogens is 1. The van der Waals surface area contributed by atoms with Crippen molar-refractivity contribution in [2.45, 2.75) is 25.4 Å². The van der Waals surface area contributed by atoms with Gasteiger partial charge in [-0.05, 0) is 48.2 Å². The summed E-state index contributed by atoms with van der Waals surface area (Å²) in [6.07, 6.45) is 0.931. The van der Waals surface area contributed by atoms with E-state index in [-0.39, 0.29) is 34.6 Å². The molecule has 3 aromatic rings. The molecule has 2 aromatic carbocycles. The number of anilines is 1. The van der Waals surface area contributed by atoms with Gasteiger partial charge in [0.15, 0.2) is 0 Å². The summed E-state index contributed by atoms with van der Waals surface area (Å²) in [4.78, 5) is 38.6. The third-order valence-electron chi connectivity index (χ3n) is 6.60. The molecule has 2 aliphatic heterocycles. The molecule has 2 unspecified atom stereocenters. The first-order valence-corrected chi connectivity index (χ1v) is 11.5. The average molecular weight is 479 g/mol. The Morgan fingerprint density at radius 1 is 1.09 bits per heavy atom. The summed E-state index contributed by atoms with van der Waals surface area (Å²) in [7, 11) is 0. The number of hydrogen-bond donors (Lipinski definition) is 1. The number of nitro groups is 1. The highest BCUT2D eigenvalue weighted by Gasteiger charge is 2.36. The molecule has 9 heteroatoms. The molecular weight excluding hydrogens is 456 g/mol. The van der Waals surface area contributed by atoms with Crippen molar-refractivity contribution in [3.8, 4) is 0 Å². The molecular formula is C25H23ClN4O4. The number of hydrogen-bond acceptors (Lipinski definition) is 5. The van der Waals surface area contributed by atoms with E-state index in [2.05, 4.69) is 5.32 Å². The van der Waals surface area contributed by atoms with Crippen LogP contribution >= 0.6 is 11.6 Å². The minimum absolute atomic E-state index is 0.00992. The lowest BCUT2D eigenvalue weighted by molar-refractivity contribution is -0.384.